The van der Waals surface area contributed by atoms with Gasteiger partial charge in [-0.15, -0.1) is 0 Å². The summed E-state index contributed by atoms with van der Waals surface area (Å²) in [4.78, 5) is 39.8. The van der Waals surface area contributed by atoms with Crippen molar-refractivity contribution in [2.75, 3.05) is 13.6 Å². The summed E-state index contributed by atoms with van der Waals surface area (Å²) >= 11 is 0.737. The molecule has 0 atom stereocenters. The largest absolute Gasteiger partial charge is 0.342 e. The smallest absolute Gasteiger partial charge is 0.293 e. The number of nitrogens with zero attached hydrogens (tertiary/aromatic N) is 2. The summed E-state index contributed by atoms with van der Waals surface area (Å²) < 4.78 is 26.9. The standard InChI is InChI=1S/C21H18F2N2O3S/c1-3-24(2)19(26)14-6-4-5-13(9-14)10-18-20(27)25(21(28)29-18)12-15-7-8-16(22)11-17(15)23/h4-11H,3,12H2,1-2H3. The molecule has 3 rings (SSSR count). The Morgan fingerprint density at radius 1 is 1.17 bits per heavy atom. The number of imide groups is 1. The van der Waals surface area contributed by atoms with E-state index in [1.54, 1.807) is 36.2 Å². The number of carbonyl (C=O) groups excluding carboxylic acids is 3. The van der Waals surface area contributed by atoms with Gasteiger partial charge in [-0.2, -0.15) is 0 Å². The highest BCUT2D eigenvalue weighted by atomic mass is 32.2. The van der Waals surface area contributed by atoms with Crippen LogP contribution in [0.4, 0.5) is 13.6 Å². The van der Waals surface area contributed by atoms with Gasteiger partial charge >= 0.3 is 0 Å². The van der Waals surface area contributed by atoms with Crippen LogP contribution in [0.25, 0.3) is 6.08 Å². The molecule has 1 saturated heterocycles. The van der Waals surface area contributed by atoms with Crippen LogP contribution in [0.15, 0.2) is 47.4 Å². The Morgan fingerprint density at radius 3 is 2.62 bits per heavy atom. The molecule has 1 heterocycles. The minimum absolute atomic E-state index is 0.0464. The molecule has 1 fully saturated rings. The fourth-order valence-corrected chi connectivity index (χ4v) is 3.57. The molecule has 0 saturated carbocycles. The lowest BCUT2D eigenvalue weighted by Crippen LogP contribution is -2.28. The summed E-state index contributed by atoms with van der Waals surface area (Å²) in [7, 11) is 1.69. The maximum Gasteiger partial charge on any atom is 0.293 e. The average molecular weight is 416 g/mol. The fraction of sp³-hybridized carbons (Fsp3) is 0.190. The van der Waals surface area contributed by atoms with Gasteiger partial charge in [0.2, 0.25) is 0 Å². The normalized spacial score (nSPS) is 15.3. The Kier molecular flexibility index (Phi) is 6.12. The third kappa shape index (κ3) is 4.54. The zero-order chi connectivity index (χ0) is 21.1. The van der Waals surface area contributed by atoms with Crippen molar-refractivity contribution < 1.29 is 23.2 Å². The molecule has 2 aromatic carbocycles. The van der Waals surface area contributed by atoms with Crippen LogP contribution in [0.2, 0.25) is 0 Å². The Hall–Kier alpha value is -3.00. The number of hydrogen-bond acceptors (Lipinski definition) is 4. The Balaban J connectivity index is 1.82. The zero-order valence-electron chi connectivity index (χ0n) is 15.8. The lowest BCUT2D eigenvalue weighted by molar-refractivity contribution is -0.123. The number of benzene rings is 2. The van der Waals surface area contributed by atoms with E-state index in [0.717, 1.165) is 22.7 Å². The SMILES string of the molecule is CCN(C)C(=O)c1cccc(C=C2SC(=O)N(Cc3ccc(F)cc3F)C2=O)c1. The predicted octanol–water partition coefficient (Wildman–Crippen LogP) is 4.29. The maximum atomic E-state index is 13.9. The summed E-state index contributed by atoms with van der Waals surface area (Å²) in [5.41, 5.74) is 1.11. The van der Waals surface area contributed by atoms with Crippen molar-refractivity contribution in [3.63, 3.8) is 0 Å². The Bertz CT molecular complexity index is 1020. The van der Waals surface area contributed by atoms with Crippen LogP contribution >= 0.6 is 11.8 Å². The van der Waals surface area contributed by atoms with Gasteiger partial charge in [0.25, 0.3) is 17.1 Å². The molecule has 29 heavy (non-hydrogen) atoms. The number of halogens is 2. The van der Waals surface area contributed by atoms with Gasteiger partial charge in [0.15, 0.2) is 0 Å². The first kappa shape index (κ1) is 20.7. The molecule has 1 aliphatic heterocycles. The second kappa shape index (κ2) is 8.57. The number of amides is 3. The molecule has 2 aromatic rings. The minimum Gasteiger partial charge on any atom is -0.342 e. The second-order valence-corrected chi connectivity index (χ2v) is 7.44. The van der Waals surface area contributed by atoms with Gasteiger partial charge in [-0.25, -0.2) is 8.78 Å². The summed E-state index contributed by atoms with van der Waals surface area (Å²) in [6.45, 7) is 2.14. The lowest BCUT2D eigenvalue weighted by Gasteiger charge is -2.14. The van der Waals surface area contributed by atoms with Gasteiger partial charge in [-0.1, -0.05) is 18.2 Å². The molecule has 8 heteroatoms. The Labute approximate surface area is 171 Å². The maximum absolute atomic E-state index is 13.9. The van der Waals surface area contributed by atoms with Crippen molar-refractivity contribution in [2.45, 2.75) is 13.5 Å². The first-order chi connectivity index (χ1) is 13.8. The summed E-state index contributed by atoms with van der Waals surface area (Å²) in [5.74, 6) is -2.27. The highest BCUT2D eigenvalue weighted by Crippen LogP contribution is 2.33. The third-order valence-electron chi connectivity index (χ3n) is 4.47. The second-order valence-electron chi connectivity index (χ2n) is 6.45. The van der Waals surface area contributed by atoms with Gasteiger partial charge in [-0.05, 0) is 48.5 Å². The van der Waals surface area contributed by atoms with E-state index in [-0.39, 0.29) is 22.9 Å². The first-order valence-corrected chi connectivity index (χ1v) is 9.66. The molecular formula is C21H18F2N2O3S. The quantitative estimate of drug-likeness (QED) is 0.683. The van der Waals surface area contributed by atoms with Crippen molar-refractivity contribution in [3.8, 4) is 0 Å². The zero-order valence-corrected chi connectivity index (χ0v) is 16.6. The van der Waals surface area contributed by atoms with E-state index in [1.807, 2.05) is 6.92 Å². The molecule has 0 radical (unpaired) electrons. The van der Waals surface area contributed by atoms with Crippen LogP contribution in [-0.4, -0.2) is 40.4 Å². The van der Waals surface area contributed by atoms with Gasteiger partial charge in [-0.3, -0.25) is 19.3 Å². The predicted molar refractivity (Wildman–Crippen MR) is 107 cm³/mol. The van der Waals surface area contributed by atoms with E-state index in [4.69, 9.17) is 0 Å². The molecule has 3 amide bonds. The van der Waals surface area contributed by atoms with Crippen molar-refractivity contribution in [1.82, 2.24) is 9.80 Å². The number of carbonyl (C=O) groups is 3. The average Bonchev–Trinajstić information content (AvgIpc) is 2.96. The molecule has 0 aromatic heterocycles. The Morgan fingerprint density at radius 2 is 1.93 bits per heavy atom. The molecule has 0 aliphatic carbocycles. The van der Waals surface area contributed by atoms with Crippen LogP contribution in [-0.2, 0) is 11.3 Å². The van der Waals surface area contributed by atoms with E-state index in [1.165, 1.54) is 12.1 Å². The lowest BCUT2D eigenvalue weighted by atomic mass is 10.1. The van der Waals surface area contributed by atoms with E-state index in [0.29, 0.717) is 23.7 Å². The molecule has 1 aliphatic rings. The minimum atomic E-state index is -0.820. The molecule has 0 bridgehead atoms. The highest BCUT2D eigenvalue weighted by molar-refractivity contribution is 8.18. The molecular weight excluding hydrogens is 398 g/mol. The summed E-state index contributed by atoms with van der Waals surface area (Å²) in [5, 5.41) is -0.539. The summed E-state index contributed by atoms with van der Waals surface area (Å²) in [6.07, 6.45) is 1.52. The van der Waals surface area contributed by atoms with Gasteiger partial charge in [0.05, 0.1) is 11.4 Å². The number of rotatable bonds is 5. The molecule has 0 unspecified atom stereocenters. The van der Waals surface area contributed by atoms with Gasteiger partial charge < -0.3 is 4.90 Å². The highest BCUT2D eigenvalue weighted by Gasteiger charge is 2.35. The summed E-state index contributed by atoms with van der Waals surface area (Å²) in [6, 6.07) is 9.72. The number of hydrogen-bond donors (Lipinski definition) is 0. The molecule has 0 N–H and O–H groups in total. The van der Waals surface area contributed by atoms with E-state index < -0.39 is 22.8 Å². The van der Waals surface area contributed by atoms with Crippen LogP contribution < -0.4 is 0 Å². The van der Waals surface area contributed by atoms with Crippen molar-refractivity contribution in [3.05, 3.63) is 75.7 Å². The van der Waals surface area contributed by atoms with E-state index in [2.05, 4.69) is 0 Å². The fourth-order valence-electron chi connectivity index (χ4n) is 2.73. The first-order valence-electron chi connectivity index (χ1n) is 8.85. The molecule has 5 nitrogen and oxygen atoms in total. The van der Waals surface area contributed by atoms with E-state index >= 15 is 0 Å². The third-order valence-corrected chi connectivity index (χ3v) is 5.38. The number of thioether (sulfide) groups is 1. The monoisotopic (exact) mass is 416 g/mol. The topological polar surface area (TPSA) is 57.7 Å². The van der Waals surface area contributed by atoms with Crippen LogP contribution in [0.3, 0.4) is 0 Å². The van der Waals surface area contributed by atoms with Gasteiger partial charge in [0.1, 0.15) is 11.6 Å². The van der Waals surface area contributed by atoms with Crippen LogP contribution in [0, 0.1) is 11.6 Å². The van der Waals surface area contributed by atoms with E-state index in [9.17, 15) is 23.2 Å². The van der Waals surface area contributed by atoms with Crippen molar-refractivity contribution in [2.24, 2.45) is 0 Å². The van der Waals surface area contributed by atoms with Crippen molar-refractivity contribution >= 4 is 34.9 Å². The van der Waals surface area contributed by atoms with Crippen LogP contribution in [0.5, 0.6) is 0 Å². The molecule has 0 spiro atoms. The molecule has 150 valence electrons. The van der Waals surface area contributed by atoms with Crippen molar-refractivity contribution in [1.29, 1.82) is 0 Å². The van der Waals surface area contributed by atoms with Crippen LogP contribution in [0.1, 0.15) is 28.4 Å². The van der Waals surface area contributed by atoms with Gasteiger partial charge in [0, 0.05) is 30.8 Å².